The number of carbonyl (C=O) groups is 2. The summed E-state index contributed by atoms with van der Waals surface area (Å²) in [6, 6.07) is -0.381. The minimum absolute atomic E-state index is 0.301. The average molecular weight is 213 g/mol. The number of hydrogen-bond donors (Lipinski definition) is 1. The van der Waals surface area contributed by atoms with Crippen LogP contribution < -0.4 is 5.32 Å². The molecule has 1 N–H and O–H groups in total. The van der Waals surface area contributed by atoms with E-state index in [0.717, 1.165) is 25.5 Å². The highest BCUT2D eigenvalue weighted by atomic mass is 16.6. The molecule has 0 aromatic rings. The topological polar surface area (TPSA) is 55.4 Å². The van der Waals surface area contributed by atoms with E-state index in [9.17, 15) is 9.59 Å². The molecule has 0 heterocycles. The fraction of sp³-hybridized carbons (Fsp3) is 0.818. The maximum Gasteiger partial charge on any atom is 0.408 e. The molecule has 0 unspecified atom stereocenters. The molecule has 1 fully saturated rings. The third-order valence-electron chi connectivity index (χ3n) is 2.49. The Bertz CT molecular complexity index is 241. The smallest absolute Gasteiger partial charge is 0.408 e. The summed E-state index contributed by atoms with van der Waals surface area (Å²) in [4.78, 5) is 22.2. The van der Waals surface area contributed by atoms with Gasteiger partial charge in [0.05, 0.1) is 6.04 Å². The number of aldehydes is 1. The zero-order valence-corrected chi connectivity index (χ0v) is 9.58. The highest BCUT2D eigenvalue weighted by Crippen LogP contribution is 2.28. The molecule has 0 bridgehead atoms. The van der Waals surface area contributed by atoms with Crippen LogP contribution in [-0.2, 0) is 9.53 Å². The van der Waals surface area contributed by atoms with Gasteiger partial charge in [-0.25, -0.2) is 4.79 Å². The molecule has 0 saturated heterocycles. The lowest BCUT2D eigenvalue weighted by atomic mass is 9.80. The van der Waals surface area contributed by atoms with Crippen LogP contribution >= 0.6 is 0 Å². The largest absolute Gasteiger partial charge is 0.444 e. The van der Waals surface area contributed by atoms with Gasteiger partial charge in [-0.15, -0.1) is 0 Å². The lowest BCUT2D eigenvalue weighted by molar-refractivity contribution is -0.111. The number of carbonyl (C=O) groups excluding carboxylic acids is 2. The summed E-state index contributed by atoms with van der Waals surface area (Å²) in [6.45, 7) is 5.39. The van der Waals surface area contributed by atoms with E-state index in [1.807, 2.05) is 0 Å². The molecule has 15 heavy (non-hydrogen) atoms. The van der Waals surface area contributed by atoms with Crippen LogP contribution in [0.2, 0.25) is 0 Å². The summed E-state index contributed by atoms with van der Waals surface area (Å²) < 4.78 is 5.08. The summed E-state index contributed by atoms with van der Waals surface area (Å²) in [5.41, 5.74) is -0.517. The van der Waals surface area contributed by atoms with Crippen LogP contribution in [0.5, 0.6) is 0 Å². The highest BCUT2D eigenvalue weighted by molar-refractivity contribution is 5.73. The van der Waals surface area contributed by atoms with E-state index in [0.29, 0.717) is 5.92 Å². The second kappa shape index (κ2) is 4.64. The Balaban J connectivity index is 2.37. The Kier molecular flexibility index (Phi) is 3.72. The lowest BCUT2D eigenvalue weighted by Gasteiger charge is -2.31. The van der Waals surface area contributed by atoms with E-state index >= 15 is 0 Å². The van der Waals surface area contributed by atoms with Crippen molar-refractivity contribution in [1.29, 1.82) is 0 Å². The molecule has 1 saturated carbocycles. The summed E-state index contributed by atoms with van der Waals surface area (Å²) in [6.07, 6.45) is 3.46. The number of hydrogen-bond acceptors (Lipinski definition) is 3. The standard InChI is InChI=1S/C11H19NO3/c1-11(2,3)15-10(14)12-9(7-13)8-5-4-6-8/h7-9H,4-6H2,1-3H3,(H,12,14)/t9-/m1/s1. The average Bonchev–Trinajstić information content (AvgIpc) is 1.95. The number of rotatable bonds is 3. The van der Waals surface area contributed by atoms with E-state index in [2.05, 4.69) is 5.32 Å². The predicted octanol–water partition coefficient (Wildman–Crippen LogP) is 1.88. The van der Waals surface area contributed by atoms with Gasteiger partial charge in [0.2, 0.25) is 0 Å². The molecule has 1 aliphatic rings. The molecule has 1 aliphatic carbocycles. The monoisotopic (exact) mass is 213 g/mol. The number of nitrogens with one attached hydrogen (secondary N) is 1. The summed E-state index contributed by atoms with van der Waals surface area (Å²) in [5, 5.41) is 2.60. The third-order valence-corrected chi connectivity index (χ3v) is 2.49. The molecule has 0 radical (unpaired) electrons. The first-order valence-electron chi connectivity index (χ1n) is 5.37. The van der Waals surface area contributed by atoms with Crippen molar-refractivity contribution < 1.29 is 14.3 Å². The zero-order valence-electron chi connectivity index (χ0n) is 9.58. The molecule has 4 heteroatoms. The van der Waals surface area contributed by atoms with Gasteiger partial charge in [0.25, 0.3) is 0 Å². The molecule has 0 aromatic heterocycles. The molecule has 0 aliphatic heterocycles. The van der Waals surface area contributed by atoms with Crippen molar-refractivity contribution >= 4 is 12.4 Å². The maximum atomic E-state index is 11.4. The second-order valence-electron chi connectivity index (χ2n) is 5.00. The van der Waals surface area contributed by atoms with Gasteiger partial charge in [-0.2, -0.15) is 0 Å². The minimum atomic E-state index is -0.517. The number of ether oxygens (including phenoxy) is 1. The van der Waals surface area contributed by atoms with Crippen molar-refractivity contribution in [2.45, 2.75) is 51.7 Å². The van der Waals surface area contributed by atoms with Crippen LogP contribution in [0, 0.1) is 5.92 Å². The van der Waals surface area contributed by atoms with Crippen LogP contribution in [0.25, 0.3) is 0 Å². The third kappa shape index (κ3) is 3.90. The van der Waals surface area contributed by atoms with Crippen LogP contribution in [0.1, 0.15) is 40.0 Å². The predicted molar refractivity (Wildman–Crippen MR) is 56.6 cm³/mol. The number of amides is 1. The first-order valence-corrected chi connectivity index (χ1v) is 5.37. The van der Waals surface area contributed by atoms with Gasteiger partial charge < -0.3 is 14.8 Å². The van der Waals surface area contributed by atoms with E-state index in [1.165, 1.54) is 0 Å². The van der Waals surface area contributed by atoms with Crippen molar-refractivity contribution in [3.05, 3.63) is 0 Å². The Labute approximate surface area is 90.4 Å². The first kappa shape index (κ1) is 12.0. The highest BCUT2D eigenvalue weighted by Gasteiger charge is 2.29. The normalized spacial score (nSPS) is 18.9. The van der Waals surface area contributed by atoms with Gasteiger partial charge in [0.15, 0.2) is 0 Å². The molecule has 0 spiro atoms. The van der Waals surface area contributed by atoms with Crippen LogP contribution in [0.15, 0.2) is 0 Å². The van der Waals surface area contributed by atoms with Crippen LogP contribution in [-0.4, -0.2) is 24.0 Å². The van der Waals surface area contributed by atoms with Crippen molar-refractivity contribution in [3.8, 4) is 0 Å². The van der Waals surface area contributed by atoms with E-state index in [4.69, 9.17) is 4.74 Å². The maximum absolute atomic E-state index is 11.4. The summed E-state index contributed by atoms with van der Waals surface area (Å²) in [5.74, 6) is 0.301. The first-order chi connectivity index (χ1) is 6.92. The Morgan fingerprint density at radius 3 is 2.40 bits per heavy atom. The lowest BCUT2D eigenvalue weighted by Crippen LogP contribution is -2.45. The molecular formula is C11H19NO3. The number of alkyl carbamates (subject to hydrolysis) is 1. The molecule has 0 aromatic carbocycles. The summed E-state index contributed by atoms with van der Waals surface area (Å²) >= 11 is 0. The van der Waals surface area contributed by atoms with E-state index < -0.39 is 11.7 Å². The van der Waals surface area contributed by atoms with Gasteiger partial charge in [0, 0.05) is 0 Å². The van der Waals surface area contributed by atoms with Crippen molar-refractivity contribution in [2.75, 3.05) is 0 Å². The molecule has 1 amide bonds. The summed E-state index contributed by atoms with van der Waals surface area (Å²) in [7, 11) is 0. The van der Waals surface area contributed by atoms with Gasteiger partial charge in [-0.05, 0) is 39.5 Å². The molecular weight excluding hydrogens is 194 g/mol. The van der Waals surface area contributed by atoms with Gasteiger partial charge in [0.1, 0.15) is 11.9 Å². The van der Waals surface area contributed by atoms with E-state index in [-0.39, 0.29) is 6.04 Å². The second-order valence-corrected chi connectivity index (χ2v) is 5.00. The van der Waals surface area contributed by atoms with Gasteiger partial charge in [-0.3, -0.25) is 0 Å². The van der Waals surface area contributed by atoms with E-state index in [1.54, 1.807) is 20.8 Å². The van der Waals surface area contributed by atoms with Gasteiger partial charge in [-0.1, -0.05) is 6.42 Å². The quantitative estimate of drug-likeness (QED) is 0.728. The Morgan fingerprint density at radius 1 is 1.47 bits per heavy atom. The zero-order chi connectivity index (χ0) is 11.5. The SMILES string of the molecule is CC(C)(C)OC(=O)N[C@H](C=O)C1CCC1. The minimum Gasteiger partial charge on any atom is -0.444 e. The Hall–Kier alpha value is -1.06. The molecule has 1 atom stereocenters. The van der Waals surface area contributed by atoms with Crippen molar-refractivity contribution in [2.24, 2.45) is 5.92 Å². The van der Waals surface area contributed by atoms with Crippen LogP contribution in [0.3, 0.4) is 0 Å². The van der Waals surface area contributed by atoms with Crippen molar-refractivity contribution in [3.63, 3.8) is 0 Å². The fourth-order valence-electron chi connectivity index (χ4n) is 1.51. The molecule has 4 nitrogen and oxygen atoms in total. The van der Waals surface area contributed by atoms with Crippen LogP contribution in [0.4, 0.5) is 4.79 Å². The molecule has 1 rings (SSSR count). The van der Waals surface area contributed by atoms with Crippen molar-refractivity contribution in [1.82, 2.24) is 5.32 Å². The Morgan fingerprint density at radius 2 is 2.07 bits per heavy atom. The van der Waals surface area contributed by atoms with Gasteiger partial charge >= 0.3 is 6.09 Å². The fourth-order valence-corrected chi connectivity index (χ4v) is 1.51. The molecule has 86 valence electrons.